The van der Waals surface area contributed by atoms with Crippen molar-refractivity contribution < 1.29 is 9.90 Å². The zero-order valence-corrected chi connectivity index (χ0v) is 11.6. The van der Waals surface area contributed by atoms with Crippen molar-refractivity contribution in [1.82, 2.24) is 14.8 Å². The van der Waals surface area contributed by atoms with Crippen LogP contribution in [0.4, 0.5) is 0 Å². The summed E-state index contributed by atoms with van der Waals surface area (Å²) >= 11 is 1.33. The molecule has 1 saturated heterocycles. The van der Waals surface area contributed by atoms with Gasteiger partial charge >= 0.3 is 0 Å². The van der Waals surface area contributed by atoms with Crippen LogP contribution in [-0.4, -0.2) is 58.0 Å². The third-order valence-electron chi connectivity index (χ3n) is 3.24. The van der Waals surface area contributed by atoms with E-state index in [4.69, 9.17) is 5.11 Å². The molecule has 1 aliphatic rings. The van der Waals surface area contributed by atoms with Crippen molar-refractivity contribution in [3.05, 3.63) is 16.1 Å². The van der Waals surface area contributed by atoms with Gasteiger partial charge in [-0.15, -0.1) is 11.3 Å². The Morgan fingerprint density at radius 3 is 2.61 bits per heavy atom. The van der Waals surface area contributed by atoms with E-state index in [0.717, 1.165) is 26.2 Å². The first-order valence-electron chi connectivity index (χ1n) is 6.20. The third-order valence-corrected chi connectivity index (χ3v) is 4.07. The second-order valence-electron chi connectivity index (χ2n) is 4.71. The second-order valence-corrected chi connectivity index (χ2v) is 5.65. The van der Waals surface area contributed by atoms with Crippen molar-refractivity contribution in [1.29, 1.82) is 0 Å². The van der Waals surface area contributed by atoms with Crippen molar-refractivity contribution in [3.63, 3.8) is 0 Å². The lowest BCUT2D eigenvalue weighted by Gasteiger charge is -2.36. The van der Waals surface area contributed by atoms with Gasteiger partial charge in [0.25, 0.3) is 5.91 Å². The average Bonchev–Trinajstić information content (AvgIpc) is 2.86. The average molecular weight is 269 g/mol. The number of hydrogen-bond donors (Lipinski definition) is 1. The molecule has 1 aliphatic heterocycles. The third kappa shape index (κ3) is 2.88. The Hall–Kier alpha value is -0.980. The molecule has 2 heterocycles. The Bertz CT molecular complexity index is 411. The molecule has 5 nitrogen and oxygen atoms in total. The van der Waals surface area contributed by atoms with E-state index >= 15 is 0 Å². The van der Waals surface area contributed by atoms with Gasteiger partial charge in [0.05, 0.1) is 6.61 Å². The number of rotatable bonds is 3. The van der Waals surface area contributed by atoms with Crippen LogP contribution in [0, 0.1) is 0 Å². The maximum absolute atomic E-state index is 12.2. The minimum absolute atomic E-state index is 0.0191. The lowest BCUT2D eigenvalue weighted by Crippen LogP contribution is -2.50. The summed E-state index contributed by atoms with van der Waals surface area (Å²) in [6.07, 6.45) is 0. The molecule has 1 fully saturated rings. The van der Waals surface area contributed by atoms with Gasteiger partial charge in [0.15, 0.2) is 0 Å². The predicted octanol–water partition coefficient (Wildman–Crippen LogP) is 0.802. The summed E-state index contributed by atoms with van der Waals surface area (Å²) in [4.78, 5) is 20.5. The van der Waals surface area contributed by atoms with Crippen LogP contribution in [0.25, 0.3) is 0 Å². The molecule has 0 unspecified atom stereocenters. The Morgan fingerprint density at radius 2 is 2.11 bits per heavy atom. The van der Waals surface area contributed by atoms with E-state index in [1.165, 1.54) is 11.3 Å². The van der Waals surface area contributed by atoms with Gasteiger partial charge in [0, 0.05) is 37.6 Å². The van der Waals surface area contributed by atoms with Crippen LogP contribution in [0.5, 0.6) is 0 Å². The van der Waals surface area contributed by atoms with Crippen molar-refractivity contribution >= 4 is 17.2 Å². The van der Waals surface area contributed by atoms with Gasteiger partial charge in [-0.05, 0) is 13.8 Å². The minimum atomic E-state index is -0.0981. The summed E-state index contributed by atoms with van der Waals surface area (Å²) in [5.41, 5.74) is 0.460. The van der Waals surface area contributed by atoms with Gasteiger partial charge in [-0.3, -0.25) is 9.69 Å². The number of carbonyl (C=O) groups is 1. The number of piperazine rings is 1. The molecule has 2 rings (SSSR count). The molecule has 6 heteroatoms. The number of thiazole rings is 1. The SMILES string of the molecule is CC(C)N1CCN(C(=O)c2csc(CO)n2)CC1. The van der Waals surface area contributed by atoms with Gasteiger partial charge in [-0.2, -0.15) is 0 Å². The van der Waals surface area contributed by atoms with Gasteiger partial charge in [-0.1, -0.05) is 0 Å². The van der Waals surface area contributed by atoms with E-state index in [2.05, 4.69) is 23.7 Å². The monoisotopic (exact) mass is 269 g/mol. The van der Waals surface area contributed by atoms with E-state index < -0.39 is 0 Å². The Morgan fingerprint density at radius 1 is 1.44 bits per heavy atom. The van der Waals surface area contributed by atoms with Gasteiger partial charge < -0.3 is 10.0 Å². The quantitative estimate of drug-likeness (QED) is 0.882. The van der Waals surface area contributed by atoms with E-state index in [9.17, 15) is 4.79 Å². The van der Waals surface area contributed by atoms with Crippen LogP contribution < -0.4 is 0 Å². The Labute approximate surface area is 111 Å². The first kappa shape index (κ1) is 13.5. The lowest BCUT2D eigenvalue weighted by molar-refractivity contribution is 0.0590. The molecular formula is C12H19N3O2S. The Kier molecular flexibility index (Phi) is 4.31. The van der Waals surface area contributed by atoms with E-state index in [1.54, 1.807) is 5.38 Å². The van der Waals surface area contributed by atoms with Crippen LogP contribution in [0.15, 0.2) is 5.38 Å². The fraction of sp³-hybridized carbons (Fsp3) is 0.667. The summed E-state index contributed by atoms with van der Waals surface area (Å²) in [5, 5.41) is 11.3. The summed E-state index contributed by atoms with van der Waals surface area (Å²) in [5.74, 6) is -0.0191. The minimum Gasteiger partial charge on any atom is -0.389 e. The lowest BCUT2D eigenvalue weighted by atomic mass is 10.2. The standard InChI is InChI=1S/C12H19N3O2S/c1-9(2)14-3-5-15(6-4-14)12(17)10-8-18-11(7-16)13-10/h8-9,16H,3-7H2,1-2H3. The largest absolute Gasteiger partial charge is 0.389 e. The highest BCUT2D eigenvalue weighted by molar-refractivity contribution is 7.09. The number of carbonyl (C=O) groups excluding carboxylic acids is 1. The number of aromatic nitrogens is 1. The molecule has 0 saturated carbocycles. The molecule has 0 bridgehead atoms. The summed E-state index contributed by atoms with van der Waals surface area (Å²) < 4.78 is 0. The highest BCUT2D eigenvalue weighted by atomic mass is 32.1. The molecule has 0 spiro atoms. The van der Waals surface area contributed by atoms with E-state index in [-0.39, 0.29) is 12.5 Å². The normalized spacial score (nSPS) is 17.4. The fourth-order valence-corrected chi connectivity index (χ4v) is 2.71. The highest BCUT2D eigenvalue weighted by Crippen LogP contribution is 2.14. The molecule has 1 aromatic heterocycles. The Balaban J connectivity index is 1.95. The predicted molar refractivity (Wildman–Crippen MR) is 70.6 cm³/mol. The van der Waals surface area contributed by atoms with Crippen LogP contribution in [0.3, 0.4) is 0 Å². The molecule has 1 amide bonds. The molecule has 100 valence electrons. The summed E-state index contributed by atoms with van der Waals surface area (Å²) in [6.45, 7) is 7.59. The molecule has 0 aromatic carbocycles. The number of amides is 1. The fourth-order valence-electron chi connectivity index (χ4n) is 2.09. The first-order valence-corrected chi connectivity index (χ1v) is 7.08. The van der Waals surface area contributed by atoms with Crippen molar-refractivity contribution in [2.24, 2.45) is 0 Å². The van der Waals surface area contributed by atoms with Crippen LogP contribution in [0.1, 0.15) is 29.3 Å². The van der Waals surface area contributed by atoms with Crippen molar-refractivity contribution in [2.45, 2.75) is 26.5 Å². The van der Waals surface area contributed by atoms with Gasteiger partial charge in [-0.25, -0.2) is 4.98 Å². The van der Waals surface area contributed by atoms with Crippen molar-refractivity contribution in [2.75, 3.05) is 26.2 Å². The first-order chi connectivity index (χ1) is 8.61. The number of hydrogen-bond acceptors (Lipinski definition) is 5. The molecule has 18 heavy (non-hydrogen) atoms. The summed E-state index contributed by atoms with van der Waals surface area (Å²) in [6, 6.07) is 0.530. The summed E-state index contributed by atoms with van der Waals surface area (Å²) in [7, 11) is 0. The zero-order valence-electron chi connectivity index (χ0n) is 10.8. The molecule has 0 aliphatic carbocycles. The molecule has 0 atom stereocenters. The molecule has 0 radical (unpaired) electrons. The van der Waals surface area contributed by atoms with Crippen LogP contribution >= 0.6 is 11.3 Å². The smallest absolute Gasteiger partial charge is 0.273 e. The highest BCUT2D eigenvalue weighted by Gasteiger charge is 2.24. The van der Waals surface area contributed by atoms with Crippen molar-refractivity contribution in [3.8, 4) is 0 Å². The second kappa shape index (κ2) is 5.77. The molecular weight excluding hydrogens is 250 g/mol. The molecule has 1 aromatic rings. The molecule has 1 N–H and O–H groups in total. The number of aliphatic hydroxyl groups is 1. The van der Waals surface area contributed by atoms with E-state index in [1.807, 2.05) is 4.90 Å². The zero-order chi connectivity index (χ0) is 13.1. The topological polar surface area (TPSA) is 56.7 Å². The van der Waals surface area contributed by atoms with Gasteiger partial charge in [0.2, 0.25) is 0 Å². The van der Waals surface area contributed by atoms with Gasteiger partial charge in [0.1, 0.15) is 10.7 Å². The number of aliphatic hydroxyl groups excluding tert-OH is 1. The number of nitrogens with zero attached hydrogens (tertiary/aromatic N) is 3. The van der Waals surface area contributed by atoms with E-state index in [0.29, 0.717) is 16.7 Å². The maximum Gasteiger partial charge on any atom is 0.273 e. The van der Waals surface area contributed by atoms with Crippen LogP contribution in [-0.2, 0) is 6.61 Å². The maximum atomic E-state index is 12.2. The van der Waals surface area contributed by atoms with Crippen LogP contribution in [0.2, 0.25) is 0 Å².